The molecule has 1 aromatic carbocycles. The molecule has 0 unspecified atom stereocenters. The van der Waals surface area contributed by atoms with Crippen molar-refractivity contribution in [2.45, 2.75) is 6.42 Å². The van der Waals surface area contributed by atoms with Crippen LogP contribution in [0.25, 0.3) is 0 Å². The van der Waals surface area contributed by atoms with E-state index in [0.717, 1.165) is 0 Å². The van der Waals surface area contributed by atoms with Crippen LogP contribution in [0.5, 0.6) is 0 Å². The van der Waals surface area contributed by atoms with E-state index >= 15 is 0 Å². The van der Waals surface area contributed by atoms with Crippen molar-refractivity contribution >= 4 is 17.6 Å². The lowest BCUT2D eigenvalue weighted by Crippen LogP contribution is -2.34. The minimum atomic E-state index is -0.479. The van der Waals surface area contributed by atoms with Crippen molar-refractivity contribution < 1.29 is 18.7 Å². The zero-order valence-electron chi connectivity index (χ0n) is 11.9. The number of anilines is 1. The zero-order valence-corrected chi connectivity index (χ0v) is 11.9. The number of esters is 1. The number of carbonyl (C=O) groups is 2. The van der Waals surface area contributed by atoms with Crippen molar-refractivity contribution in [2.75, 3.05) is 18.6 Å². The van der Waals surface area contributed by atoms with Gasteiger partial charge in [0.15, 0.2) is 0 Å². The molecule has 1 heterocycles. The molecule has 0 saturated carbocycles. The molecule has 0 aliphatic rings. The van der Waals surface area contributed by atoms with Crippen LogP contribution < -0.4 is 4.90 Å². The third kappa shape index (κ3) is 3.85. The SMILES string of the molecule is COC(=O)CCN(C(=O)c1cnccn1)c1cccc(F)c1. The number of ether oxygens (including phenoxy) is 1. The van der Waals surface area contributed by atoms with Gasteiger partial charge in [0.2, 0.25) is 0 Å². The Hall–Kier alpha value is -2.83. The first-order chi connectivity index (χ1) is 10.6. The topological polar surface area (TPSA) is 72.4 Å². The first-order valence-corrected chi connectivity index (χ1v) is 6.52. The van der Waals surface area contributed by atoms with Gasteiger partial charge in [0.1, 0.15) is 11.5 Å². The van der Waals surface area contributed by atoms with Gasteiger partial charge < -0.3 is 9.64 Å². The van der Waals surface area contributed by atoms with Crippen LogP contribution in [0.3, 0.4) is 0 Å². The van der Waals surface area contributed by atoms with Gasteiger partial charge in [-0.1, -0.05) is 6.07 Å². The van der Waals surface area contributed by atoms with Crippen LogP contribution in [0.4, 0.5) is 10.1 Å². The number of halogens is 1. The van der Waals surface area contributed by atoms with Crippen LogP contribution >= 0.6 is 0 Å². The molecule has 22 heavy (non-hydrogen) atoms. The predicted octanol–water partition coefficient (Wildman–Crippen LogP) is 1.83. The van der Waals surface area contributed by atoms with E-state index in [0.29, 0.717) is 5.69 Å². The second kappa shape index (κ2) is 7.26. The minimum absolute atomic E-state index is 0.0149. The van der Waals surface area contributed by atoms with Crippen LogP contribution in [0, 0.1) is 5.82 Å². The van der Waals surface area contributed by atoms with Crippen LogP contribution in [0.15, 0.2) is 42.9 Å². The molecule has 1 amide bonds. The van der Waals surface area contributed by atoms with Crippen molar-refractivity contribution in [2.24, 2.45) is 0 Å². The molecule has 0 spiro atoms. The van der Waals surface area contributed by atoms with Gasteiger partial charge in [-0.2, -0.15) is 0 Å². The summed E-state index contributed by atoms with van der Waals surface area (Å²) >= 11 is 0. The summed E-state index contributed by atoms with van der Waals surface area (Å²) in [6, 6.07) is 5.55. The summed E-state index contributed by atoms with van der Waals surface area (Å²) in [5.74, 6) is -1.41. The highest BCUT2D eigenvalue weighted by atomic mass is 19.1. The van der Waals surface area contributed by atoms with Crippen molar-refractivity contribution in [1.82, 2.24) is 9.97 Å². The van der Waals surface area contributed by atoms with Gasteiger partial charge in [-0.15, -0.1) is 0 Å². The molecule has 7 heteroatoms. The number of hydrogen-bond donors (Lipinski definition) is 0. The molecule has 2 rings (SSSR count). The fraction of sp³-hybridized carbons (Fsp3) is 0.200. The van der Waals surface area contributed by atoms with E-state index in [1.165, 1.54) is 48.8 Å². The zero-order chi connectivity index (χ0) is 15.9. The molecule has 0 aliphatic heterocycles. The molecule has 0 N–H and O–H groups in total. The molecule has 0 fully saturated rings. The molecule has 2 aromatic rings. The van der Waals surface area contributed by atoms with Gasteiger partial charge in [-0.3, -0.25) is 14.6 Å². The molecule has 0 bridgehead atoms. The highest BCUT2D eigenvalue weighted by Gasteiger charge is 2.20. The summed E-state index contributed by atoms with van der Waals surface area (Å²) in [5.41, 5.74) is 0.441. The van der Waals surface area contributed by atoms with E-state index < -0.39 is 17.7 Å². The number of hydrogen-bond acceptors (Lipinski definition) is 5. The quantitative estimate of drug-likeness (QED) is 0.788. The number of methoxy groups -OCH3 is 1. The molecule has 6 nitrogen and oxygen atoms in total. The molecule has 0 aliphatic carbocycles. The maximum Gasteiger partial charge on any atom is 0.307 e. The van der Waals surface area contributed by atoms with Crippen LogP contribution in [-0.4, -0.2) is 35.5 Å². The van der Waals surface area contributed by atoms with Crippen LogP contribution in [0.1, 0.15) is 16.9 Å². The number of nitrogens with zero attached hydrogens (tertiary/aromatic N) is 3. The summed E-state index contributed by atoms with van der Waals surface area (Å²) in [6.07, 6.45) is 4.13. The lowest BCUT2D eigenvalue weighted by atomic mass is 10.2. The Morgan fingerprint density at radius 1 is 1.32 bits per heavy atom. The number of amides is 1. The van der Waals surface area contributed by atoms with E-state index in [1.54, 1.807) is 6.07 Å². The highest BCUT2D eigenvalue weighted by Crippen LogP contribution is 2.18. The lowest BCUT2D eigenvalue weighted by molar-refractivity contribution is -0.140. The van der Waals surface area contributed by atoms with E-state index in [9.17, 15) is 14.0 Å². The average Bonchev–Trinajstić information content (AvgIpc) is 2.55. The van der Waals surface area contributed by atoms with Crippen LogP contribution in [0.2, 0.25) is 0 Å². The number of aromatic nitrogens is 2. The standard InChI is InChI=1S/C15H14FN3O3/c1-22-14(20)5-8-19(12-4-2-3-11(16)9-12)15(21)13-10-17-6-7-18-13/h2-4,6-7,9-10H,5,8H2,1H3. The Morgan fingerprint density at radius 3 is 2.77 bits per heavy atom. The molecule has 0 atom stereocenters. The molecular formula is C15H14FN3O3. The maximum absolute atomic E-state index is 13.4. The van der Waals surface area contributed by atoms with Crippen molar-refractivity contribution in [3.8, 4) is 0 Å². The first-order valence-electron chi connectivity index (χ1n) is 6.52. The Bertz CT molecular complexity index is 664. The molecule has 0 saturated heterocycles. The van der Waals surface area contributed by atoms with Gasteiger partial charge in [-0.05, 0) is 18.2 Å². The third-order valence-corrected chi connectivity index (χ3v) is 2.91. The Balaban J connectivity index is 2.28. The average molecular weight is 303 g/mol. The summed E-state index contributed by atoms with van der Waals surface area (Å²) in [7, 11) is 1.26. The van der Waals surface area contributed by atoms with E-state index in [4.69, 9.17) is 0 Å². The second-order valence-corrected chi connectivity index (χ2v) is 4.35. The largest absolute Gasteiger partial charge is 0.469 e. The second-order valence-electron chi connectivity index (χ2n) is 4.35. The molecule has 1 aromatic heterocycles. The summed E-state index contributed by atoms with van der Waals surface area (Å²) in [5, 5.41) is 0. The van der Waals surface area contributed by atoms with Gasteiger partial charge >= 0.3 is 5.97 Å². The minimum Gasteiger partial charge on any atom is -0.469 e. The summed E-state index contributed by atoms with van der Waals surface area (Å²) in [6.45, 7) is 0.0472. The molecule has 0 radical (unpaired) electrons. The molecular weight excluding hydrogens is 289 g/mol. The summed E-state index contributed by atoms with van der Waals surface area (Å²) < 4.78 is 18.0. The molecule has 114 valence electrons. The third-order valence-electron chi connectivity index (χ3n) is 2.91. The number of carbonyl (C=O) groups excluding carboxylic acids is 2. The predicted molar refractivity (Wildman–Crippen MR) is 76.7 cm³/mol. The van der Waals surface area contributed by atoms with E-state index in [2.05, 4.69) is 14.7 Å². The normalized spacial score (nSPS) is 10.1. The monoisotopic (exact) mass is 303 g/mol. The Labute approximate surface area is 126 Å². The smallest absolute Gasteiger partial charge is 0.307 e. The Morgan fingerprint density at radius 2 is 2.14 bits per heavy atom. The van der Waals surface area contributed by atoms with E-state index in [-0.39, 0.29) is 18.7 Å². The Kier molecular flexibility index (Phi) is 5.13. The fourth-order valence-electron chi connectivity index (χ4n) is 1.84. The lowest BCUT2D eigenvalue weighted by Gasteiger charge is -2.22. The maximum atomic E-state index is 13.4. The first kappa shape index (κ1) is 15.6. The highest BCUT2D eigenvalue weighted by molar-refractivity contribution is 6.04. The van der Waals surface area contributed by atoms with E-state index in [1.807, 2.05) is 0 Å². The summed E-state index contributed by atoms with van der Waals surface area (Å²) in [4.78, 5) is 32.9. The van der Waals surface area contributed by atoms with Gasteiger partial charge in [-0.25, -0.2) is 9.37 Å². The van der Waals surface area contributed by atoms with Gasteiger partial charge in [0, 0.05) is 24.6 Å². The van der Waals surface area contributed by atoms with Gasteiger partial charge in [0.25, 0.3) is 5.91 Å². The van der Waals surface area contributed by atoms with Crippen molar-refractivity contribution in [3.05, 3.63) is 54.4 Å². The number of benzene rings is 1. The van der Waals surface area contributed by atoms with Crippen molar-refractivity contribution in [1.29, 1.82) is 0 Å². The van der Waals surface area contributed by atoms with Gasteiger partial charge in [0.05, 0.1) is 19.7 Å². The van der Waals surface area contributed by atoms with Crippen molar-refractivity contribution in [3.63, 3.8) is 0 Å². The fourth-order valence-corrected chi connectivity index (χ4v) is 1.84. The number of rotatable bonds is 5. The van der Waals surface area contributed by atoms with Crippen LogP contribution in [-0.2, 0) is 9.53 Å².